The molecule has 0 saturated carbocycles. The van der Waals surface area contributed by atoms with Gasteiger partial charge in [-0.2, -0.15) is 5.10 Å². The molecular weight excluding hydrogens is 332 g/mol. The standard InChI is InChI=1S/C20H22N2O4/c1-22-18(12-17(21-22)20(24)25-2)15-8-10-16(11-9-15)19(23)26-13-14-6-4-3-5-7-14/h3-8,12,16H,9-11,13H2,1-2H3. The van der Waals surface area contributed by atoms with Crippen molar-refractivity contribution in [2.45, 2.75) is 25.9 Å². The normalized spacial score (nSPS) is 16.7. The molecule has 0 spiro atoms. The van der Waals surface area contributed by atoms with E-state index in [1.807, 2.05) is 36.4 Å². The monoisotopic (exact) mass is 354 g/mol. The second kappa shape index (κ2) is 7.99. The molecule has 6 nitrogen and oxygen atoms in total. The lowest BCUT2D eigenvalue weighted by Gasteiger charge is -2.20. The van der Waals surface area contributed by atoms with Crippen molar-refractivity contribution in [1.82, 2.24) is 9.78 Å². The number of carbonyl (C=O) groups is 2. The SMILES string of the molecule is COC(=O)c1cc(C2=CCC(C(=O)OCc3ccccc3)CC2)n(C)n1. The third-order valence-electron chi connectivity index (χ3n) is 4.57. The summed E-state index contributed by atoms with van der Waals surface area (Å²) in [7, 11) is 3.13. The van der Waals surface area contributed by atoms with Crippen molar-refractivity contribution in [3.05, 3.63) is 59.4 Å². The summed E-state index contributed by atoms with van der Waals surface area (Å²) in [5.41, 5.74) is 3.23. The van der Waals surface area contributed by atoms with Crippen LogP contribution >= 0.6 is 0 Å². The molecule has 6 heteroatoms. The molecule has 26 heavy (non-hydrogen) atoms. The minimum atomic E-state index is -0.453. The van der Waals surface area contributed by atoms with Crippen molar-refractivity contribution >= 4 is 17.5 Å². The molecule has 0 fully saturated rings. The first-order chi connectivity index (χ1) is 12.6. The van der Waals surface area contributed by atoms with Crippen molar-refractivity contribution < 1.29 is 19.1 Å². The highest BCUT2D eigenvalue weighted by atomic mass is 16.5. The van der Waals surface area contributed by atoms with Crippen LogP contribution in [0.25, 0.3) is 5.57 Å². The average Bonchev–Trinajstić information content (AvgIpc) is 3.08. The Morgan fingerprint density at radius 1 is 1.27 bits per heavy atom. The molecule has 3 rings (SSSR count). The molecule has 1 aromatic heterocycles. The van der Waals surface area contributed by atoms with Gasteiger partial charge in [0.15, 0.2) is 5.69 Å². The van der Waals surface area contributed by atoms with Gasteiger partial charge in [-0.15, -0.1) is 0 Å². The molecule has 0 aliphatic heterocycles. The van der Waals surface area contributed by atoms with Gasteiger partial charge in [-0.3, -0.25) is 9.48 Å². The topological polar surface area (TPSA) is 70.4 Å². The molecule has 0 saturated heterocycles. The zero-order valence-electron chi connectivity index (χ0n) is 15.0. The van der Waals surface area contributed by atoms with Crippen molar-refractivity contribution in [3.63, 3.8) is 0 Å². The lowest BCUT2D eigenvalue weighted by atomic mass is 9.88. The molecule has 136 valence electrons. The zero-order valence-corrected chi connectivity index (χ0v) is 15.0. The Kier molecular flexibility index (Phi) is 5.51. The molecule has 0 bridgehead atoms. The summed E-state index contributed by atoms with van der Waals surface area (Å²) in [6, 6.07) is 11.4. The number of nitrogens with zero attached hydrogens (tertiary/aromatic N) is 2. The van der Waals surface area contributed by atoms with E-state index in [0.29, 0.717) is 13.0 Å². The minimum Gasteiger partial charge on any atom is -0.464 e. The number of allylic oxidation sites excluding steroid dienone is 2. The first kappa shape index (κ1) is 17.9. The molecule has 1 aliphatic carbocycles. The number of benzene rings is 1. The van der Waals surface area contributed by atoms with Crippen LogP contribution in [-0.4, -0.2) is 28.8 Å². The van der Waals surface area contributed by atoms with Gasteiger partial charge in [0.2, 0.25) is 0 Å². The number of carbonyl (C=O) groups excluding carboxylic acids is 2. The fourth-order valence-electron chi connectivity index (χ4n) is 3.10. The Morgan fingerprint density at radius 3 is 2.69 bits per heavy atom. The predicted molar refractivity (Wildman–Crippen MR) is 96.1 cm³/mol. The Morgan fingerprint density at radius 2 is 2.04 bits per heavy atom. The number of aromatic nitrogens is 2. The van der Waals surface area contributed by atoms with E-state index in [-0.39, 0.29) is 17.6 Å². The summed E-state index contributed by atoms with van der Waals surface area (Å²) in [6.45, 7) is 0.303. The lowest BCUT2D eigenvalue weighted by Crippen LogP contribution is -2.20. The van der Waals surface area contributed by atoms with Crippen LogP contribution in [0.5, 0.6) is 0 Å². The number of ether oxygens (including phenoxy) is 2. The van der Waals surface area contributed by atoms with Gasteiger partial charge >= 0.3 is 11.9 Å². The van der Waals surface area contributed by atoms with Gasteiger partial charge in [0, 0.05) is 7.05 Å². The van der Waals surface area contributed by atoms with E-state index in [2.05, 4.69) is 5.10 Å². The summed E-state index contributed by atoms with van der Waals surface area (Å²) in [6.07, 6.45) is 4.13. The average molecular weight is 354 g/mol. The van der Waals surface area contributed by atoms with Crippen LogP contribution in [0.4, 0.5) is 0 Å². The second-order valence-electron chi connectivity index (χ2n) is 6.32. The Hall–Kier alpha value is -2.89. The van der Waals surface area contributed by atoms with Gasteiger partial charge in [-0.25, -0.2) is 4.79 Å². The number of esters is 2. The molecule has 1 aromatic carbocycles. The minimum absolute atomic E-state index is 0.129. The van der Waals surface area contributed by atoms with Gasteiger partial charge in [-0.1, -0.05) is 36.4 Å². The maximum absolute atomic E-state index is 12.3. The molecule has 1 unspecified atom stereocenters. The molecule has 1 aliphatic rings. The van der Waals surface area contributed by atoms with Crippen LogP contribution in [0.15, 0.2) is 42.5 Å². The maximum atomic E-state index is 12.3. The van der Waals surface area contributed by atoms with Gasteiger partial charge in [-0.05, 0) is 36.5 Å². The van der Waals surface area contributed by atoms with E-state index < -0.39 is 5.97 Å². The van der Waals surface area contributed by atoms with Crippen LogP contribution < -0.4 is 0 Å². The summed E-state index contributed by atoms with van der Waals surface area (Å²) < 4.78 is 11.8. The van der Waals surface area contributed by atoms with Crippen LogP contribution in [0.2, 0.25) is 0 Å². The third-order valence-corrected chi connectivity index (χ3v) is 4.57. The molecule has 0 N–H and O–H groups in total. The smallest absolute Gasteiger partial charge is 0.358 e. The highest BCUT2D eigenvalue weighted by Gasteiger charge is 2.25. The number of hydrogen-bond acceptors (Lipinski definition) is 5. The van der Waals surface area contributed by atoms with E-state index >= 15 is 0 Å². The van der Waals surface area contributed by atoms with Crippen molar-refractivity contribution in [3.8, 4) is 0 Å². The summed E-state index contributed by atoms with van der Waals surface area (Å²) in [5, 5.41) is 4.18. The van der Waals surface area contributed by atoms with E-state index in [4.69, 9.17) is 9.47 Å². The highest BCUT2D eigenvalue weighted by Crippen LogP contribution is 2.31. The van der Waals surface area contributed by atoms with Crippen LogP contribution in [-0.2, 0) is 27.9 Å². The molecule has 0 radical (unpaired) electrons. The van der Waals surface area contributed by atoms with Crippen LogP contribution in [0, 0.1) is 5.92 Å². The maximum Gasteiger partial charge on any atom is 0.358 e. The predicted octanol–water partition coefficient (Wildman–Crippen LogP) is 3.13. The first-order valence-corrected chi connectivity index (χ1v) is 8.61. The summed E-state index contributed by atoms with van der Waals surface area (Å²) >= 11 is 0. The molecule has 0 amide bonds. The van der Waals surface area contributed by atoms with Gasteiger partial charge in [0.25, 0.3) is 0 Å². The van der Waals surface area contributed by atoms with Crippen molar-refractivity contribution in [1.29, 1.82) is 0 Å². The van der Waals surface area contributed by atoms with Gasteiger partial charge < -0.3 is 9.47 Å². The highest BCUT2D eigenvalue weighted by molar-refractivity contribution is 5.88. The van der Waals surface area contributed by atoms with Crippen LogP contribution in [0.3, 0.4) is 0 Å². The van der Waals surface area contributed by atoms with E-state index in [1.54, 1.807) is 17.8 Å². The number of rotatable bonds is 5. The Labute approximate surface area is 152 Å². The molecular formula is C20H22N2O4. The molecule has 1 heterocycles. The van der Waals surface area contributed by atoms with E-state index in [9.17, 15) is 9.59 Å². The molecule has 2 aromatic rings. The molecule has 1 atom stereocenters. The zero-order chi connectivity index (χ0) is 18.5. The summed E-state index contributed by atoms with van der Waals surface area (Å²) in [4.78, 5) is 23.9. The first-order valence-electron chi connectivity index (χ1n) is 8.61. The van der Waals surface area contributed by atoms with Gasteiger partial charge in [0.05, 0.1) is 18.7 Å². The van der Waals surface area contributed by atoms with Crippen molar-refractivity contribution in [2.75, 3.05) is 7.11 Å². The Balaban J connectivity index is 1.60. The quantitative estimate of drug-likeness (QED) is 0.772. The lowest BCUT2D eigenvalue weighted by molar-refractivity contribution is -0.150. The Bertz CT molecular complexity index is 824. The number of hydrogen-bond donors (Lipinski definition) is 0. The van der Waals surface area contributed by atoms with Gasteiger partial charge in [0.1, 0.15) is 6.61 Å². The fourth-order valence-corrected chi connectivity index (χ4v) is 3.10. The number of aryl methyl sites for hydroxylation is 1. The van der Waals surface area contributed by atoms with E-state index in [1.165, 1.54) is 7.11 Å². The second-order valence-corrected chi connectivity index (χ2v) is 6.32. The summed E-state index contributed by atoms with van der Waals surface area (Å²) in [5.74, 6) is -0.745. The fraction of sp³-hybridized carbons (Fsp3) is 0.350. The van der Waals surface area contributed by atoms with E-state index in [0.717, 1.165) is 29.7 Å². The van der Waals surface area contributed by atoms with Crippen molar-refractivity contribution in [2.24, 2.45) is 13.0 Å². The van der Waals surface area contributed by atoms with Crippen LogP contribution in [0.1, 0.15) is 41.0 Å². The number of methoxy groups -OCH3 is 1. The largest absolute Gasteiger partial charge is 0.464 e. The third kappa shape index (κ3) is 4.02.